The van der Waals surface area contributed by atoms with Gasteiger partial charge in [-0.25, -0.2) is 22.5 Å². The number of carbonyl (C=O) groups excluding carboxylic acids is 4. The summed E-state index contributed by atoms with van der Waals surface area (Å²) in [7, 11) is 2.99. The Labute approximate surface area is 551 Å². The van der Waals surface area contributed by atoms with E-state index >= 15 is 17.6 Å². The van der Waals surface area contributed by atoms with E-state index in [4.69, 9.17) is 58.5 Å². The van der Waals surface area contributed by atoms with Gasteiger partial charge in [-0.3, -0.25) is 19.2 Å². The van der Waals surface area contributed by atoms with Gasteiger partial charge in [0.05, 0.1) is 93.4 Å². The first-order valence-corrected chi connectivity index (χ1v) is 31.1. The summed E-state index contributed by atoms with van der Waals surface area (Å²) < 4.78 is 91.9. The molecule has 0 saturated carbocycles. The monoisotopic (exact) mass is 1350 g/mol. The van der Waals surface area contributed by atoms with Crippen molar-refractivity contribution < 1.29 is 65.5 Å². The summed E-state index contributed by atoms with van der Waals surface area (Å²) in [6.45, 7) is 13.2. The van der Waals surface area contributed by atoms with Crippen LogP contribution in [0.2, 0.25) is 15.1 Å². The molecule has 0 unspecified atom stereocenters. The molecule has 496 valence electrons. The Bertz CT molecular complexity index is 3720. The zero-order chi connectivity index (χ0) is 67.1. The van der Waals surface area contributed by atoms with Crippen LogP contribution in [0.5, 0.6) is 11.5 Å². The van der Waals surface area contributed by atoms with Crippen LogP contribution in [-0.4, -0.2) is 173 Å². The van der Waals surface area contributed by atoms with Crippen molar-refractivity contribution >= 4 is 86.8 Å². The van der Waals surface area contributed by atoms with Crippen LogP contribution in [0.1, 0.15) is 61.0 Å². The van der Waals surface area contributed by atoms with E-state index in [9.17, 15) is 29.5 Å². The Morgan fingerprint density at radius 2 is 1.51 bits per heavy atom. The topological polar surface area (TPSA) is 242 Å². The highest BCUT2D eigenvalue weighted by atomic mass is 35.5. The number of hydrogen-bond donors (Lipinski definition) is 5. The molecule has 2 fully saturated rings. The molecule has 0 bridgehead atoms. The highest BCUT2D eigenvalue weighted by Crippen LogP contribution is 2.53. The molecule has 93 heavy (non-hydrogen) atoms. The van der Waals surface area contributed by atoms with E-state index < -0.39 is 75.2 Å². The van der Waals surface area contributed by atoms with Crippen LogP contribution in [0, 0.1) is 40.0 Å². The zero-order valence-corrected chi connectivity index (χ0v) is 54.3. The number of nitrogens with zero attached hydrogens (tertiary/aromatic N) is 6. The number of piperazine rings is 1. The third-order valence-corrected chi connectivity index (χ3v) is 16.7. The summed E-state index contributed by atoms with van der Waals surface area (Å²) in [5.74, 6) is -6.51. The van der Waals surface area contributed by atoms with Crippen molar-refractivity contribution in [1.29, 1.82) is 5.26 Å². The summed E-state index contributed by atoms with van der Waals surface area (Å²) >= 11 is 19.0. The first-order valence-electron chi connectivity index (χ1n) is 30.0. The lowest BCUT2D eigenvalue weighted by molar-refractivity contribution is -0.130. The number of carbonyl (C=O) groups is 4. The van der Waals surface area contributed by atoms with E-state index in [0.717, 1.165) is 12.1 Å². The number of nitrogens with one attached hydrogen (secondary N) is 4. The van der Waals surface area contributed by atoms with E-state index in [1.54, 1.807) is 11.9 Å². The Hall–Kier alpha value is -7.86. The Morgan fingerprint density at radius 1 is 0.828 bits per heavy atom. The molecule has 5 N–H and O–H groups in total. The number of ether oxygens (including phenoxy) is 5. The first-order chi connectivity index (χ1) is 44.5. The minimum Gasteiger partial charge on any atom is -0.507 e. The molecular formula is C66H73Cl3F4N10O10. The number of anilines is 3. The summed E-state index contributed by atoms with van der Waals surface area (Å²) in [5, 5.41) is 33.5. The number of likely N-dealkylation sites (N-methyl/N-ethyl adjacent to an activating group) is 1. The number of benzene rings is 5. The number of fused-ring (bicyclic) bond motifs is 1. The third kappa shape index (κ3) is 17.1. The maximum Gasteiger partial charge on any atom is 0.251 e. The third-order valence-electron chi connectivity index (χ3n) is 15.9. The van der Waals surface area contributed by atoms with Gasteiger partial charge in [-0.15, -0.1) is 0 Å². The molecule has 0 radical (unpaired) electrons. The predicted molar refractivity (Wildman–Crippen MR) is 346 cm³/mol. The highest BCUT2D eigenvalue weighted by Gasteiger charge is 2.61. The number of phenolic OH excluding ortho intramolecular Hbond substituents is 1. The van der Waals surface area contributed by atoms with Gasteiger partial charge in [0.1, 0.15) is 45.7 Å². The molecule has 4 atom stereocenters. The summed E-state index contributed by atoms with van der Waals surface area (Å²) in [4.78, 5) is 67.2. The predicted octanol–water partition coefficient (Wildman–Crippen LogP) is 10.1. The lowest BCUT2D eigenvalue weighted by Gasteiger charge is -2.37. The van der Waals surface area contributed by atoms with Gasteiger partial charge in [0.25, 0.3) is 5.91 Å². The molecular weight excluding hydrogens is 1280 g/mol. The summed E-state index contributed by atoms with van der Waals surface area (Å²) in [5.41, 5.74) is -3.04. The second kappa shape index (κ2) is 32.3. The molecule has 5 aromatic carbocycles. The number of aromatic nitrogens is 2. The van der Waals surface area contributed by atoms with Crippen molar-refractivity contribution in [3.63, 3.8) is 0 Å². The Morgan fingerprint density at radius 3 is 2.15 bits per heavy atom. The van der Waals surface area contributed by atoms with Crippen LogP contribution in [-0.2, 0) is 38.7 Å². The normalized spacial score (nSPS) is 17.3. The average molecular weight is 1350 g/mol. The maximum absolute atomic E-state index is 16.5. The molecule has 3 heterocycles. The number of amides is 4. The minimum atomic E-state index is -1.84. The van der Waals surface area contributed by atoms with Gasteiger partial charge in [-0.05, 0) is 78.1 Å². The molecule has 2 aliphatic rings. The van der Waals surface area contributed by atoms with Crippen LogP contribution < -0.4 is 30.9 Å². The largest absolute Gasteiger partial charge is 0.507 e. The molecule has 20 nitrogen and oxygen atoms in total. The number of phenols is 1. The van der Waals surface area contributed by atoms with E-state index in [2.05, 4.69) is 43.9 Å². The van der Waals surface area contributed by atoms with Crippen molar-refractivity contribution in [2.24, 2.45) is 5.41 Å². The molecule has 4 amide bonds. The fourth-order valence-electron chi connectivity index (χ4n) is 11.4. The molecule has 8 rings (SSSR count). The van der Waals surface area contributed by atoms with Crippen LogP contribution in [0.3, 0.4) is 0 Å². The summed E-state index contributed by atoms with van der Waals surface area (Å²) in [6, 6.07) is 17.7. The van der Waals surface area contributed by atoms with Crippen LogP contribution >= 0.6 is 34.8 Å². The van der Waals surface area contributed by atoms with Gasteiger partial charge in [-0.1, -0.05) is 86.4 Å². The fraction of sp³-hybridized carbons (Fsp3) is 0.409. The number of aromatic hydroxyl groups is 1. The number of nitriles is 1. The van der Waals surface area contributed by atoms with Crippen molar-refractivity contribution in [2.45, 2.75) is 57.0 Å². The van der Waals surface area contributed by atoms with Gasteiger partial charge in [0.2, 0.25) is 23.7 Å². The number of methoxy groups -OCH3 is 1. The van der Waals surface area contributed by atoms with Crippen LogP contribution in [0.15, 0.2) is 91.5 Å². The van der Waals surface area contributed by atoms with Gasteiger partial charge < -0.3 is 64.8 Å². The lowest BCUT2D eigenvalue weighted by Crippen LogP contribution is -2.48. The minimum absolute atomic E-state index is 0.0118. The molecule has 27 heteroatoms. The van der Waals surface area contributed by atoms with E-state index in [0.29, 0.717) is 32.0 Å². The Balaban J connectivity index is 0.724. The van der Waals surface area contributed by atoms with E-state index in [1.807, 2.05) is 25.7 Å². The van der Waals surface area contributed by atoms with Gasteiger partial charge in [0.15, 0.2) is 5.82 Å². The second-order valence-corrected chi connectivity index (χ2v) is 24.5. The van der Waals surface area contributed by atoms with E-state index in [1.165, 1.54) is 84.8 Å². The van der Waals surface area contributed by atoms with Crippen molar-refractivity contribution in [2.75, 3.05) is 128 Å². The smallest absolute Gasteiger partial charge is 0.251 e. The molecule has 1 aromatic heterocycles. The quantitative estimate of drug-likeness (QED) is 0.0167. The number of rotatable bonds is 29. The first kappa shape index (κ1) is 71.0. The highest BCUT2D eigenvalue weighted by molar-refractivity contribution is 6.34. The van der Waals surface area contributed by atoms with Crippen molar-refractivity contribution in [1.82, 2.24) is 30.4 Å². The van der Waals surface area contributed by atoms with Crippen molar-refractivity contribution in [3.05, 3.63) is 147 Å². The van der Waals surface area contributed by atoms with Crippen LogP contribution in [0.25, 0.3) is 22.0 Å². The fourth-order valence-corrected chi connectivity index (χ4v) is 12.0. The zero-order valence-electron chi connectivity index (χ0n) is 52.0. The average Bonchev–Trinajstić information content (AvgIpc) is 1.61. The molecule has 2 aliphatic heterocycles. The van der Waals surface area contributed by atoms with Gasteiger partial charge >= 0.3 is 0 Å². The van der Waals surface area contributed by atoms with Crippen LogP contribution in [0.4, 0.5) is 35.0 Å². The van der Waals surface area contributed by atoms with Gasteiger partial charge in [0, 0.05) is 98.3 Å². The molecule has 2 saturated heterocycles. The molecule has 6 aromatic rings. The molecule has 0 spiro atoms. The number of halogens is 7. The Kier molecular flexibility index (Phi) is 24.7. The second-order valence-electron chi connectivity index (χ2n) is 23.3. The standard InChI is InChI=1S/C66H73Cl3F4N10O10/c1-7-52(85)82-21-23-83(24-22-82)61-42-36-45(69)54(55-46(70)12-9-13-49(55)84)58(73)59(42)79-64(80-61)76-19-18-53(86)81(5)25-27-91-29-31-93-33-32-92-30-28-90-26-20-75-62(87)39-14-17-48(50(34-39)89-6)77-63(88)60-56(41-10-8-11-44(68)57(41)72)66(38-74,51(78-60)37-65(2,3)4)43-16-15-40(67)35-47(43)71/h7-17,34-36,51,56,60,78,84H,1,18-33,37H2,2-6H3,(H,75,87)(H,77,88)(H,76,79,80)/t51-,56-,60+,66-/m0/s1. The van der Waals surface area contributed by atoms with E-state index in [-0.39, 0.29) is 163 Å². The van der Waals surface area contributed by atoms with Crippen molar-refractivity contribution in [3.8, 4) is 28.7 Å². The number of hydrogen-bond acceptors (Lipinski definition) is 16. The maximum atomic E-state index is 16.5. The SMILES string of the molecule is C=CC(=O)N1CCN(c2nc(NCCC(=O)N(C)CCOCCOCCOCCOCCNC(=O)c3ccc(NC(=O)[C@@H]4N[C@@H](CC(C)(C)C)[C@](C#N)(c5ccc(Cl)cc5F)[C@H]4c4cccc(Cl)c4F)c(OC)c3)nc3c(F)c(-c4c(O)cccc4F)c(Cl)cc23)CC1. The molecule has 0 aliphatic carbocycles. The lowest BCUT2D eigenvalue weighted by atomic mass is 9.62. The summed E-state index contributed by atoms with van der Waals surface area (Å²) in [6.07, 6.45) is 1.52. The van der Waals surface area contributed by atoms with Gasteiger partial charge in [-0.2, -0.15) is 10.2 Å².